The van der Waals surface area contributed by atoms with Gasteiger partial charge in [0.05, 0.1) is 17.7 Å². The summed E-state index contributed by atoms with van der Waals surface area (Å²) >= 11 is 0. The number of H-pyrrole nitrogens is 1. The van der Waals surface area contributed by atoms with Crippen LogP contribution in [0, 0.1) is 0 Å². The number of rotatable bonds is 6. The van der Waals surface area contributed by atoms with E-state index in [0.29, 0.717) is 6.04 Å². The molecule has 0 bridgehead atoms. The highest BCUT2D eigenvalue weighted by molar-refractivity contribution is 5.15. The Hall–Kier alpha value is -1.13. The van der Waals surface area contributed by atoms with Crippen LogP contribution >= 0.6 is 0 Å². The molecule has 0 saturated heterocycles. The topological polar surface area (TPSA) is 44.0 Å². The zero-order valence-corrected chi connectivity index (χ0v) is 10.6. The van der Waals surface area contributed by atoms with Crippen LogP contribution < -0.4 is 5.32 Å². The first kappa shape index (κ1) is 12.3. The van der Waals surface area contributed by atoms with Crippen molar-refractivity contribution in [2.75, 3.05) is 20.1 Å². The van der Waals surface area contributed by atoms with Crippen molar-refractivity contribution in [3.05, 3.63) is 30.4 Å². The Balaban J connectivity index is 1.75. The van der Waals surface area contributed by atoms with Crippen molar-refractivity contribution in [3.63, 3.8) is 0 Å². The summed E-state index contributed by atoms with van der Waals surface area (Å²) in [6, 6.07) is 0.527. The van der Waals surface area contributed by atoms with Crippen LogP contribution in [0.2, 0.25) is 0 Å². The van der Waals surface area contributed by atoms with E-state index in [1.54, 1.807) is 6.33 Å². The van der Waals surface area contributed by atoms with Crippen molar-refractivity contribution in [3.8, 4) is 0 Å². The molecule has 94 valence electrons. The summed E-state index contributed by atoms with van der Waals surface area (Å²) in [4.78, 5) is 9.93. The van der Waals surface area contributed by atoms with Gasteiger partial charge in [0, 0.05) is 25.6 Å². The number of fused-ring (bicyclic) bond motifs is 1. The minimum absolute atomic E-state index is 0.527. The zero-order valence-electron chi connectivity index (χ0n) is 10.6. The van der Waals surface area contributed by atoms with Gasteiger partial charge in [-0.3, -0.25) is 0 Å². The van der Waals surface area contributed by atoms with Crippen LogP contribution in [-0.2, 0) is 13.0 Å². The number of unbranched alkanes of at least 4 members (excludes halogenated alkanes) is 1. The van der Waals surface area contributed by atoms with Gasteiger partial charge in [-0.2, -0.15) is 0 Å². The van der Waals surface area contributed by atoms with E-state index in [9.17, 15) is 0 Å². The summed E-state index contributed by atoms with van der Waals surface area (Å²) in [6.45, 7) is 6.89. The van der Waals surface area contributed by atoms with Crippen molar-refractivity contribution >= 4 is 0 Å². The standard InChI is InChI=1S/C13H22N4/c1-3-4-5-6-17(2)9-11-7-12-13(8-14-11)16-10-15-12/h3,10-11,14H,1,4-9H2,2H3,(H,15,16). The number of nitrogens with zero attached hydrogens (tertiary/aromatic N) is 2. The maximum Gasteiger partial charge on any atom is 0.0925 e. The molecular formula is C13H22N4. The molecule has 0 fully saturated rings. The third-order valence-corrected chi connectivity index (χ3v) is 3.29. The van der Waals surface area contributed by atoms with Crippen molar-refractivity contribution in [1.29, 1.82) is 0 Å². The maximum absolute atomic E-state index is 4.36. The van der Waals surface area contributed by atoms with Gasteiger partial charge in [0.25, 0.3) is 0 Å². The van der Waals surface area contributed by atoms with Crippen molar-refractivity contribution < 1.29 is 0 Å². The van der Waals surface area contributed by atoms with Gasteiger partial charge in [0.1, 0.15) is 0 Å². The summed E-state index contributed by atoms with van der Waals surface area (Å²) in [5.41, 5.74) is 2.48. The SMILES string of the molecule is C=CCCCN(C)CC1Cc2nc[nH]c2CN1. The Morgan fingerprint density at radius 2 is 2.53 bits per heavy atom. The number of imidazole rings is 1. The molecule has 2 N–H and O–H groups in total. The molecule has 0 saturated carbocycles. The van der Waals surface area contributed by atoms with Gasteiger partial charge < -0.3 is 15.2 Å². The number of aromatic nitrogens is 2. The van der Waals surface area contributed by atoms with E-state index in [-0.39, 0.29) is 0 Å². The lowest BCUT2D eigenvalue weighted by Crippen LogP contribution is -2.43. The highest BCUT2D eigenvalue weighted by Crippen LogP contribution is 2.12. The van der Waals surface area contributed by atoms with E-state index in [1.807, 2.05) is 6.08 Å². The van der Waals surface area contributed by atoms with Crippen LogP contribution in [0.5, 0.6) is 0 Å². The smallest absolute Gasteiger partial charge is 0.0925 e. The lowest BCUT2D eigenvalue weighted by Gasteiger charge is -2.27. The normalized spacial score (nSPS) is 19.3. The monoisotopic (exact) mass is 234 g/mol. The molecule has 1 unspecified atom stereocenters. The highest BCUT2D eigenvalue weighted by Gasteiger charge is 2.20. The average Bonchev–Trinajstić information content (AvgIpc) is 2.76. The lowest BCUT2D eigenvalue weighted by atomic mass is 10.1. The predicted octanol–water partition coefficient (Wildman–Crippen LogP) is 1.32. The summed E-state index contributed by atoms with van der Waals surface area (Å²) in [5, 5.41) is 3.55. The minimum Gasteiger partial charge on any atom is -0.347 e. The largest absolute Gasteiger partial charge is 0.347 e. The molecule has 0 amide bonds. The first-order valence-corrected chi connectivity index (χ1v) is 6.33. The molecule has 1 atom stereocenters. The Bertz CT molecular complexity index is 358. The fraction of sp³-hybridized carbons (Fsp3) is 0.615. The molecule has 4 nitrogen and oxygen atoms in total. The number of hydrogen-bond donors (Lipinski definition) is 2. The van der Waals surface area contributed by atoms with E-state index in [4.69, 9.17) is 0 Å². The Morgan fingerprint density at radius 3 is 3.35 bits per heavy atom. The molecule has 17 heavy (non-hydrogen) atoms. The molecule has 0 radical (unpaired) electrons. The van der Waals surface area contributed by atoms with Crippen molar-refractivity contribution in [1.82, 2.24) is 20.2 Å². The fourth-order valence-corrected chi connectivity index (χ4v) is 2.33. The van der Waals surface area contributed by atoms with E-state index in [1.165, 1.54) is 17.8 Å². The number of nitrogens with one attached hydrogen (secondary N) is 2. The van der Waals surface area contributed by atoms with Gasteiger partial charge in [-0.25, -0.2) is 4.98 Å². The first-order chi connectivity index (χ1) is 8.29. The van der Waals surface area contributed by atoms with Crippen LogP contribution in [0.15, 0.2) is 19.0 Å². The second-order valence-electron chi connectivity index (χ2n) is 4.80. The molecule has 2 heterocycles. The van der Waals surface area contributed by atoms with Crippen LogP contribution in [0.4, 0.5) is 0 Å². The Labute approximate surface area is 103 Å². The molecular weight excluding hydrogens is 212 g/mol. The number of hydrogen-bond acceptors (Lipinski definition) is 3. The van der Waals surface area contributed by atoms with Crippen molar-refractivity contribution in [2.45, 2.75) is 31.8 Å². The van der Waals surface area contributed by atoms with Crippen LogP contribution in [0.3, 0.4) is 0 Å². The third-order valence-electron chi connectivity index (χ3n) is 3.29. The van der Waals surface area contributed by atoms with E-state index >= 15 is 0 Å². The minimum atomic E-state index is 0.527. The first-order valence-electron chi connectivity index (χ1n) is 6.33. The van der Waals surface area contributed by atoms with Gasteiger partial charge in [0.2, 0.25) is 0 Å². The third kappa shape index (κ3) is 3.41. The quantitative estimate of drug-likeness (QED) is 0.576. The van der Waals surface area contributed by atoms with Gasteiger partial charge >= 0.3 is 0 Å². The fourth-order valence-electron chi connectivity index (χ4n) is 2.33. The highest BCUT2D eigenvalue weighted by atomic mass is 15.1. The molecule has 0 aromatic carbocycles. The summed E-state index contributed by atoms with van der Waals surface area (Å²) in [7, 11) is 2.19. The van der Waals surface area contributed by atoms with E-state index in [2.05, 4.69) is 33.8 Å². The second-order valence-corrected chi connectivity index (χ2v) is 4.80. The number of likely N-dealkylation sites (N-methyl/N-ethyl adjacent to an activating group) is 1. The van der Waals surface area contributed by atoms with Gasteiger partial charge in [-0.05, 0) is 26.4 Å². The van der Waals surface area contributed by atoms with Gasteiger partial charge in [0.15, 0.2) is 0 Å². The van der Waals surface area contributed by atoms with Crippen LogP contribution in [0.1, 0.15) is 24.2 Å². The summed E-state index contributed by atoms with van der Waals surface area (Å²) in [5.74, 6) is 0. The van der Waals surface area contributed by atoms with Gasteiger partial charge in [-0.1, -0.05) is 6.08 Å². The van der Waals surface area contributed by atoms with Crippen molar-refractivity contribution in [2.24, 2.45) is 0 Å². The Kier molecular flexibility index (Phi) is 4.34. The van der Waals surface area contributed by atoms with E-state index < -0.39 is 0 Å². The van der Waals surface area contributed by atoms with Crippen LogP contribution in [0.25, 0.3) is 0 Å². The second kappa shape index (κ2) is 5.98. The molecule has 1 aromatic rings. The molecule has 0 aliphatic carbocycles. The zero-order chi connectivity index (χ0) is 12.1. The van der Waals surface area contributed by atoms with E-state index in [0.717, 1.165) is 32.5 Å². The summed E-state index contributed by atoms with van der Waals surface area (Å²) < 4.78 is 0. The Morgan fingerprint density at radius 1 is 1.65 bits per heavy atom. The molecule has 2 rings (SSSR count). The lowest BCUT2D eigenvalue weighted by molar-refractivity contribution is 0.277. The molecule has 4 heteroatoms. The number of allylic oxidation sites excluding steroid dienone is 1. The predicted molar refractivity (Wildman–Crippen MR) is 69.8 cm³/mol. The molecule has 1 aromatic heterocycles. The van der Waals surface area contributed by atoms with Gasteiger partial charge in [-0.15, -0.1) is 6.58 Å². The molecule has 1 aliphatic heterocycles. The summed E-state index contributed by atoms with van der Waals surface area (Å²) in [6.07, 6.45) is 7.11. The number of aromatic amines is 1. The van der Waals surface area contributed by atoms with Crippen LogP contribution in [-0.4, -0.2) is 41.0 Å². The average molecular weight is 234 g/mol. The molecule has 1 aliphatic rings. The molecule has 0 spiro atoms. The maximum atomic E-state index is 4.36.